The summed E-state index contributed by atoms with van der Waals surface area (Å²) in [6.45, 7) is 12.7. The van der Waals surface area contributed by atoms with Crippen LogP contribution in [0.3, 0.4) is 0 Å². The quantitative estimate of drug-likeness (QED) is 0.286. The van der Waals surface area contributed by atoms with Crippen LogP contribution in [0, 0.1) is 14.2 Å². The van der Waals surface area contributed by atoms with Crippen molar-refractivity contribution in [2.75, 3.05) is 13.2 Å². The molecule has 1 heterocycles. The van der Waals surface area contributed by atoms with Crippen molar-refractivity contribution in [3.8, 4) is 11.8 Å². The van der Waals surface area contributed by atoms with E-state index in [9.17, 15) is 5.26 Å². The topological polar surface area (TPSA) is 42.2 Å². The molecule has 0 bridgehead atoms. The molecular formula is C18H24INO2SSi. The van der Waals surface area contributed by atoms with E-state index in [2.05, 4.69) is 68.6 Å². The summed E-state index contributed by atoms with van der Waals surface area (Å²) in [5.41, 5.74) is 0.714. The molecule has 0 saturated carbocycles. The highest BCUT2D eigenvalue weighted by Crippen LogP contribution is 2.37. The van der Waals surface area contributed by atoms with Crippen molar-refractivity contribution in [3.63, 3.8) is 0 Å². The Kier molecular flexibility index (Phi) is 6.34. The van der Waals surface area contributed by atoms with E-state index >= 15 is 0 Å². The number of thiophene rings is 1. The van der Waals surface area contributed by atoms with Crippen LogP contribution in [0.15, 0.2) is 18.2 Å². The van der Waals surface area contributed by atoms with Crippen molar-refractivity contribution in [2.45, 2.75) is 45.3 Å². The first-order valence-corrected chi connectivity index (χ1v) is 12.8. The molecule has 2 aromatic rings. The van der Waals surface area contributed by atoms with Gasteiger partial charge in [0.2, 0.25) is 0 Å². The molecule has 0 saturated heterocycles. The summed E-state index contributed by atoms with van der Waals surface area (Å²) in [7, 11) is -1.68. The number of fused-ring (bicyclic) bond motifs is 1. The maximum atomic E-state index is 9.22. The minimum atomic E-state index is -1.68. The first-order valence-electron chi connectivity index (χ1n) is 8.04. The average molecular weight is 473 g/mol. The minimum Gasteiger partial charge on any atom is -0.493 e. The smallest absolute Gasteiger partial charge is 0.191 e. The van der Waals surface area contributed by atoms with Gasteiger partial charge in [0.15, 0.2) is 8.32 Å². The predicted molar refractivity (Wildman–Crippen MR) is 113 cm³/mol. The van der Waals surface area contributed by atoms with Crippen LogP contribution in [-0.4, -0.2) is 21.5 Å². The zero-order valence-electron chi connectivity index (χ0n) is 14.9. The Balaban J connectivity index is 1.94. The van der Waals surface area contributed by atoms with Crippen LogP contribution in [0.25, 0.3) is 10.1 Å². The van der Waals surface area contributed by atoms with E-state index in [-0.39, 0.29) is 5.04 Å². The van der Waals surface area contributed by atoms with E-state index in [1.165, 1.54) is 0 Å². The van der Waals surface area contributed by atoms with Gasteiger partial charge in [-0.05, 0) is 58.9 Å². The summed E-state index contributed by atoms with van der Waals surface area (Å²) >= 11 is 3.92. The SMILES string of the molecule is CC(C)(C)[Si](C)(C)OCCCOc1ccc(C#N)c2sc(I)cc12. The molecule has 0 unspecified atom stereocenters. The Morgan fingerprint density at radius 1 is 1.25 bits per heavy atom. The Bertz CT molecular complexity index is 759. The second kappa shape index (κ2) is 7.73. The van der Waals surface area contributed by atoms with Gasteiger partial charge < -0.3 is 9.16 Å². The zero-order chi connectivity index (χ0) is 18.0. The first-order chi connectivity index (χ1) is 11.2. The summed E-state index contributed by atoms with van der Waals surface area (Å²) in [6.07, 6.45) is 0.870. The van der Waals surface area contributed by atoms with E-state index in [4.69, 9.17) is 9.16 Å². The van der Waals surface area contributed by atoms with Gasteiger partial charge in [0.1, 0.15) is 11.8 Å². The van der Waals surface area contributed by atoms with Crippen molar-refractivity contribution in [3.05, 3.63) is 26.6 Å². The third-order valence-corrected chi connectivity index (χ3v) is 11.0. The molecule has 24 heavy (non-hydrogen) atoms. The molecule has 6 heteroatoms. The number of nitrogens with zero attached hydrogens (tertiary/aromatic N) is 1. The number of rotatable bonds is 6. The maximum Gasteiger partial charge on any atom is 0.191 e. The van der Waals surface area contributed by atoms with Gasteiger partial charge in [-0.1, -0.05) is 20.8 Å². The number of hydrogen-bond acceptors (Lipinski definition) is 4. The Morgan fingerprint density at radius 3 is 2.58 bits per heavy atom. The maximum absolute atomic E-state index is 9.22. The second-order valence-corrected chi connectivity index (χ2v) is 15.1. The minimum absolute atomic E-state index is 0.237. The molecule has 2 rings (SSSR count). The molecule has 0 spiro atoms. The van der Waals surface area contributed by atoms with E-state index in [0.717, 1.165) is 31.7 Å². The van der Waals surface area contributed by atoms with Crippen molar-refractivity contribution in [1.82, 2.24) is 0 Å². The fraction of sp³-hybridized carbons (Fsp3) is 0.500. The molecule has 0 aliphatic heterocycles. The van der Waals surface area contributed by atoms with Crippen LogP contribution in [0.2, 0.25) is 18.1 Å². The molecule has 0 radical (unpaired) electrons. The largest absolute Gasteiger partial charge is 0.493 e. The lowest BCUT2D eigenvalue weighted by Crippen LogP contribution is -2.41. The number of benzene rings is 1. The molecule has 3 nitrogen and oxygen atoms in total. The lowest BCUT2D eigenvalue weighted by Gasteiger charge is -2.36. The van der Waals surface area contributed by atoms with Gasteiger partial charge in [-0.15, -0.1) is 11.3 Å². The lowest BCUT2D eigenvalue weighted by atomic mass is 10.1. The Labute approximate surface area is 163 Å². The fourth-order valence-corrected chi connectivity index (χ4v) is 4.99. The molecule has 1 aromatic carbocycles. The van der Waals surface area contributed by atoms with E-state index in [1.54, 1.807) is 11.3 Å². The Hall–Kier alpha value is -0.623. The predicted octanol–water partition coefficient (Wildman–Crippen LogP) is 6.17. The van der Waals surface area contributed by atoms with Crippen molar-refractivity contribution in [1.29, 1.82) is 5.26 Å². The van der Waals surface area contributed by atoms with Gasteiger partial charge in [-0.3, -0.25) is 0 Å². The van der Waals surface area contributed by atoms with Gasteiger partial charge in [-0.25, -0.2) is 0 Å². The van der Waals surface area contributed by atoms with Gasteiger partial charge in [0, 0.05) is 18.4 Å². The third kappa shape index (κ3) is 4.51. The fourth-order valence-electron chi connectivity index (χ4n) is 2.07. The molecular weight excluding hydrogens is 449 g/mol. The van der Waals surface area contributed by atoms with Crippen molar-refractivity contribution in [2.24, 2.45) is 0 Å². The normalized spacial score (nSPS) is 12.4. The average Bonchev–Trinajstić information content (AvgIpc) is 2.87. The summed E-state index contributed by atoms with van der Waals surface area (Å²) in [5.74, 6) is 0.857. The van der Waals surface area contributed by atoms with Gasteiger partial charge in [-0.2, -0.15) is 5.26 Å². The molecule has 0 aliphatic carbocycles. The summed E-state index contributed by atoms with van der Waals surface area (Å²) in [5, 5.41) is 10.5. The van der Waals surface area contributed by atoms with Crippen LogP contribution >= 0.6 is 33.9 Å². The third-order valence-electron chi connectivity index (χ3n) is 4.55. The van der Waals surface area contributed by atoms with Crippen LogP contribution in [0.5, 0.6) is 5.75 Å². The highest BCUT2D eigenvalue weighted by atomic mass is 127. The van der Waals surface area contributed by atoms with E-state index < -0.39 is 8.32 Å². The summed E-state index contributed by atoms with van der Waals surface area (Å²) < 4.78 is 14.3. The van der Waals surface area contributed by atoms with Crippen molar-refractivity contribution >= 4 is 52.3 Å². The number of ether oxygens (including phenoxy) is 1. The Morgan fingerprint density at radius 2 is 1.96 bits per heavy atom. The molecule has 130 valence electrons. The molecule has 0 aliphatic rings. The zero-order valence-corrected chi connectivity index (χ0v) is 18.9. The van der Waals surface area contributed by atoms with Crippen LogP contribution in [0.1, 0.15) is 32.8 Å². The van der Waals surface area contributed by atoms with E-state index in [1.807, 2.05) is 12.1 Å². The van der Waals surface area contributed by atoms with Crippen LogP contribution < -0.4 is 4.74 Å². The highest BCUT2D eigenvalue weighted by Gasteiger charge is 2.36. The van der Waals surface area contributed by atoms with E-state index in [0.29, 0.717) is 12.2 Å². The number of hydrogen-bond donors (Lipinski definition) is 0. The van der Waals surface area contributed by atoms with Crippen LogP contribution in [0.4, 0.5) is 0 Å². The molecule has 0 fully saturated rings. The van der Waals surface area contributed by atoms with Gasteiger partial charge in [0.05, 0.1) is 19.8 Å². The number of halogens is 1. The highest BCUT2D eigenvalue weighted by molar-refractivity contribution is 14.1. The molecule has 0 amide bonds. The summed E-state index contributed by atoms with van der Waals surface area (Å²) in [4.78, 5) is 0. The molecule has 0 N–H and O–H groups in total. The molecule has 1 aromatic heterocycles. The second-order valence-electron chi connectivity index (χ2n) is 7.33. The van der Waals surface area contributed by atoms with Crippen molar-refractivity contribution < 1.29 is 9.16 Å². The number of nitriles is 1. The molecule has 0 atom stereocenters. The monoisotopic (exact) mass is 473 g/mol. The lowest BCUT2D eigenvalue weighted by molar-refractivity contribution is 0.235. The van der Waals surface area contributed by atoms with Crippen LogP contribution in [-0.2, 0) is 4.43 Å². The summed E-state index contributed by atoms with van der Waals surface area (Å²) in [6, 6.07) is 8.08. The first kappa shape index (κ1) is 19.7. The standard InChI is InChI=1S/C18H24INO2SSi/c1-18(2,3)24(4,5)22-10-6-9-21-15-8-7-13(12-20)17-14(15)11-16(19)23-17/h7-8,11H,6,9-10H2,1-5H3. The van der Waals surface area contributed by atoms with Gasteiger partial charge in [0.25, 0.3) is 0 Å². The van der Waals surface area contributed by atoms with Gasteiger partial charge >= 0.3 is 0 Å².